The molecule has 5 heteroatoms. The number of rotatable bonds is 3. The second-order valence-electron chi connectivity index (χ2n) is 6.97. The SMILES string of the molecule is CC(C)N(C(C)C)C1CCc2cc3c(cc2C1)=NC(=O)C(=O)N=3. The largest absolute Gasteiger partial charge is 0.338 e. The smallest absolute Gasteiger partial charge is 0.295 e. The maximum absolute atomic E-state index is 11.5. The van der Waals surface area contributed by atoms with Gasteiger partial charge in [-0.1, -0.05) is 0 Å². The zero-order valence-corrected chi connectivity index (χ0v) is 14.2. The number of hydrogen-bond donors (Lipinski definition) is 0. The van der Waals surface area contributed by atoms with Crippen LogP contribution in [0.1, 0.15) is 45.2 Å². The van der Waals surface area contributed by atoms with Crippen LogP contribution in [0.15, 0.2) is 22.1 Å². The summed E-state index contributed by atoms with van der Waals surface area (Å²) in [5.41, 5.74) is 2.46. The molecule has 0 spiro atoms. The zero-order valence-electron chi connectivity index (χ0n) is 14.2. The highest BCUT2D eigenvalue weighted by atomic mass is 16.2. The predicted molar refractivity (Wildman–Crippen MR) is 86.7 cm³/mol. The third kappa shape index (κ3) is 2.98. The topological polar surface area (TPSA) is 62.1 Å². The van der Waals surface area contributed by atoms with E-state index in [2.05, 4.69) is 42.6 Å². The summed E-state index contributed by atoms with van der Waals surface area (Å²) in [6.45, 7) is 8.95. The summed E-state index contributed by atoms with van der Waals surface area (Å²) in [5, 5.41) is 1.08. The lowest BCUT2D eigenvalue weighted by atomic mass is 9.86. The summed E-state index contributed by atoms with van der Waals surface area (Å²) >= 11 is 0. The molecule has 1 heterocycles. The molecule has 1 aliphatic heterocycles. The lowest BCUT2D eigenvalue weighted by Crippen LogP contribution is -2.48. The van der Waals surface area contributed by atoms with Gasteiger partial charge in [-0.3, -0.25) is 14.5 Å². The molecule has 1 aromatic rings. The Morgan fingerprint density at radius 3 is 2.00 bits per heavy atom. The molecule has 3 rings (SSSR count). The predicted octanol–water partition coefficient (Wildman–Crippen LogP) is 0.969. The van der Waals surface area contributed by atoms with Crippen LogP contribution in [0.3, 0.4) is 0 Å². The zero-order chi connectivity index (χ0) is 16.7. The second kappa shape index (κ2) is 5.96. The number of carbonyl (C=O) groups excluding carboxylic acids is 2. The highest BCUT2D eigenvalue weighted by Crippen LogP contribution is 2.25. The van der Waals surface area contributed by atoms with E-state index in [1.54, 1.807) is 0 Å². The van der Waals surface area contributed by atoms with Gasteiger partial charge in [0, 0.05) is 18.1 Å². The second-order valence-corrected chi connectivity index (χ2v) is 6.97. The fourth-order valence-corrected chi connectivity index (χ4v) is 3.95. The molecule has 122 valence electrons. The summed E-state index contributed by atoms with van der Waals surface area (Å²) in [6.07, 6.45) is 3.03. The highest BCUT2D eigenvalue weighted by Gasteiger charge is 2.28. The first-order chi connectivity index (χ1) is 10.9. The molecular weight excluding hydrogens is 290 g/mol. The Morgan fingerprint density at radius 1 is 0.957 bits per heavy atom. The summed E-state index contributed by atoms with van der Waals surface area (Å²) in [4.78, 5) is 33.1. The quantitative estimate of drug-likeness (QED) is 0.781. The van der Waals surface area contributed by atoms with Crippen LogP contribution < -0.4 is 10.7 Å². The fraction of sp³-hybridized carbons (Fsp3) is 0.556. The molecule has 1 aliphatic carbocycles. The third-order valence-corrected chi connectivity index (χ3v) is 4.74. The van der Waals surface area contributed by atoms with Gasteiger partial charge in [0.2, 0.25) is 0 Å². The molecule has 1 unspecified atom stereocenters. The van der Waals surface area contributed by atoms with Gasteiger partial charge in [0.1, 0.15) is 0 Å². The van der Waals surface area contributed by atoms with Crippen molar-refractivity contribution in [2.75, 3.05) is 0 Å². The van der Waals surface area contributed by atoms with Gasteiger partial charge >= 0.3 is 11.8 Å². The van der Waals surface area contributed by atoms with Crippen LogP contribution in [0.25, 0.3) is 0 Å². The van der Waals surface area contributed by atoms with E-state index in [-0.39, 0.29) is 0 Å². The van der Waals surface area contributed by atoms with E-state index in [1.807, 2.05) is 12.1 Å². The molecular formula is C18H23N3O2. The molecule has 2 aliphatic rings. The Morgan fingerprint density at radius 2 is 1.48 bits per heavy atom. The molecule has 0 saturated carbocycles. The van der Waals surface area contributed by atoms with Crippen molar-refractivity contribution in [1.29, 1.82) is 0 Å². The van der Waals surface area contributed by atoms with Gasteiger partial charge in [-0.2, -0.15) is 0 Å². The molecule has 0 N–H and O–H groups in total. The molecule has 0 bridgehead atoms. The summed E-state index contributed by atoms with van der Waals surface area (Å²) in [5.74, 6) is -1.53. The Bertz CT molecular complexity index is 772. The van der Waals surface area contributed by atoms with Crippen LogP contribution in [0.2, 0.25) is 0 Å². The highest BCUT2D eigenvalue weighted by molar-refractivity contribution is 6.36. The van der Waals surface area contributed by atoms with Gasteiger partial charge in [0.05, 0.1) is 10.7 Å². The molecule has 23 heavy (non-hydrogen) atoms. The number of benzene rings is 1. The van der Waals surface area contributed by atoms with Crippen molar-refractivity contribution in [2.45, 2.75) is 65.1 Å². The normalized spacial score (nSPS) is 20.4. The number of carbonyl (C=O) groups is 2. The van der Waals surface area contributed by atoms with Crippen molar-refractivity contribution in [3.05, 3.63) is 34.0 Å². The average molecular weight is 313 g/mol. The molecule has 1 atom stereocenters. The van der Waals surface area contributed by atoms with Gasteiger partial charge in [-0.05, 0) is 70.2 Å². The van der Waals surface area contributed by atoms with E-state index in [0.29, 0.717) is 28.8 Å². The molecule has 0 fully saturated rings. The van der Waals surface area contributed by atoms with Crippen LogP contribution >= 0.6 is 0 Å². The van der Waals surface area contributed by atoms with Crippen molar-refractivity contribution in [3.63, 3.8) is 0 Å². The molecule has 1 aromatic carbocycles. The van der Waals surface area contributed by atoms with E-state index in [4.69, 9.17) is 0 Å². The first kappa shape index (κ1) is 16.0. The van der Waals surface area contributed by atoms with Crippen LogP contribution in [-0.4, -0.2) is 34.8 Å². The van der Waals surface area contributed by atoms with E-state index in [9.17, 15) is 9.59 Å². The van der Waals surface area contributed by atoms with Gasteiger partial charge in [0.15, 0.2) is 0 Å². The van der Waals surface area contributed by atoms with E-state index in [0.717, 1.165) is 19.3 Å². The maximum atomic E-state index is 11.5. The number of fused-ring (bicyclic) bond motifs is 2. The van der Waals surface area contributed by atoms with Crippen molar-refractivity contribution in [3.8, 4) is 0 Å². The Balaban J connectivity index is 1.98. The summed E-state index contributed by atoms with van der Waals surface area (Å²) in [6, 6.07) is 5.38. The van der Waals surface area contributed by atoms with Crippen molar-refractivity contribution < 1.29 is 9.59 Å². The number of amides is 2. The minimum Gasteiger partial charge on any atom is -0.295 e. The van der Waals surface area contributed by atoms with Gasteiger partial charge in [-0.15, -0.1) is 0 Å². The van der Waals surface area contributed by atoms with E-state index < -0.39 is 11.8 Å². The first-order valence-electron chi connectivity index (χ1n) is 8.31. The molecule has 0 saturated heterocycles. The van der Waals surface area contributed by atoms with Gasteiger partial charge in [0.25, 0.3) is 0 Å². The Hall–Kier alpha value is -1.88. The number of nitrogens with zero attached hydrogens (tertiary/aromatic N) is 3. The van der Waals surface area contributed by atoms with Crippen LogP contribution in [0.5, 0.6) is 0 Å². The Labute approximate surface area is 136 Å². The van der Waals surface area contributed by atoms with Crippen molar-refractivity contribution >= 4 is 11.8 Å². The minimum atomic E-state index is -0.768. The van der Waals surface area contributed by atoms with Gasteiger partial charge < -0.3 is 0 Å². The maximum Gasteiger partial charge on any atom is 0.338 e. The molecule has 2 amide bonds. The molecule has 0 radical (unpaired) electrons. The Kier molecular flexibility index (Phi) is 4.15. The van der Waals surface area contributed by atoms with Gasteiger partial charge in [-0.25, -0.2) is 9.98 Å². The minimum absolute atomic E-state index is 0.498. The molecule has 5 nitrogen and oxygen atoms in total. The van der Waals surface area contributed by atoms with E-state index in [1.165, 1.54) is 11.1 Å². The monoisotopic (exact) mass is 313 g/mol. The van der Waals surface area contributed by atoms with E-state index >= 15 is 0 Å². The lowest BCUT2D eigenvalue weighted by Gasteiger charge is -2.40. The fourth-order valence-electron chi connectivity index (χ4n) is 3.95. The van der Waals surface area contributed by atoms with Crippen LogP contribution in [0, 0.1) is 0 Å². The summed E-state index contributed by atoms with van der Waals surface area (Å²) < 4.78 is 0. The van der Waals surface area contributed by atoms with Crippen molar-refractivity contribution in [2.24, 2.45) is 9.98 Å². The lowest BCUT2D eigenvalue weighted by molar-refractivity contribution is -0.135. The standard InChI is InChI=1S/C18H23N3O2/c1-10(2)21(11(3)4)14-6-5-12-8-15-16(9-13(12)7-14)20-18(23)17(22)19-15/h8-11,14H,5-7H2,1-4H3. The van der Waals surface area contributed by atoms with Crippen molar-refractivity contribution in [1.82, 2.24) is 4.90 Å². The average Bonchev–Trinajstić information content (AvgIpc) is 2.46. The molecule has 0 aromatic heterocycles. The number of aryl methyl sites for hydroxylation is 1. The van der Waals surface area contributed by atoms with Crippen LogP contribution in [-0.2, 0) is 22.4 Å². The third-order valence-electron chi connectivity index (χ3n) is 4.74. The first-order valence-corrected chi connectivity index (χ1v) is 8.31. The summed E-state index contributed by atoms with van der Waals surface area (Å²) in [7, 11) is 0. The number of hydrogen-bond acceptors (Lipinski definition) is 3. The van der Waals surface area contributed by atoms with Crippen LogP contribution in [0.4, 0.5) is 0 Å².